The predicted octanol–water partition coefficient (Wildman–Crippen LogP) is 1.82. The zero-order valence-electron chi connectivity index (χ0n) is 9.92. The number of hydrogen-bond acceptors (Lipinski definition) is 5. The maximum absolute atomic E-state index is 13.1. The second kappa shape index (κ2) is 5.22. The van der Waals surface area contributed by atoms with Crippen LogP contribution in [0.15, 0.2) is 23.6 Å². The minimum absolute atomic E-state index is 0.216. The number of hydrogen-bond donors (Lipinski definition) is 0. The lowest BCUT2D eigenvalue weighted by molar-refractivity contribution is 0.569. The Morgan fingerprint density at radius 1 is 1.37 bits per heavy atom. The molecule has 6 nitrogen and oxygen atoms in total. The van der Waals surface area contributed by atoms with Crippen molar-refractivity contribution in [1.82, 2.24) is 19.7 Å². The fourth-order valence-electron chi connectivity index (χ4n) is 1.64. The molecule has 0 fully saturated rings. The van der Waals surface area contributed by atoms with E-state index in [0.717, 1.165) is 6.20 Å². The van der Waals surface area contributed by atoms with Crippen molar-refractivity contribution in [2.24, 2.45) is 0 Å². The standard InChI is InChI=1S/C10H10ClFN4O2S/c1-2-3-16-9(7-4-8(12)6-13-5-7)14-15-10(16)19(11,17)18/h4-6H,2-3H2,1H3. The molecule has 102 valence electrons. The van der Waals surface area contributed by atoms with Crippen molar-refractivity contribution < 1.29 is 12.8 Å². The Balaban J connectivity index is 2.62. The van der Waals surface area contributed by atoms with Crippen molar-refractivity contribution in [2.75, 3.05) is 0 Å². The van der Waals surface area contributed by atoms with Crippen LogP contribution in [0.4, 0.5) is 4.39 Å². The van der Waals surface area contributed by atoms with E-state index >= 15 is 0 Å². The van der Waals surface area contributed by atoms with E-state index in [1.807, 2.05) is 6.92 Å². The van der Waals surface area contributed by atoms with Gasteiger partial charge < -0.3 is 0 Å². The van der Waals surface area contributed by atoms with E-state index in [2.05, 4.69) is 15.2 Å². The largest absolute Gasteiger partial charge is 0.297 e. The molecule has 0 N–H and O–H groups in total. The zero-order chi connectivity index (χ0) is 14.0. The highest BCUT2D eigenvalue weighted by Gasteiger charge is 2.23. The third kappa shape index (κ3) is 2.90. The monoisotopic (exact) mass is 304 g/mol. The number of aromatic nitrogens is 4. The summed E-state index contributed by atoms with van der Waals surface area (Å²) in [6.07, 6.45) is 3.07. The summed E-state index contributed by atoms with van der Waals surface area (Å²) in [5.74, 6) is -0.327. The third-order valence-electron chi connectivity index (χ3n) is 2.35. The molecular formula is C10H10ClFN4O2S. The zero-order valence-corrected chi connectivity index (χ0v) is 11.5. The van der Waals surface area contributed by atoms with E-state index in [-0.39, 0.29) is 11.0 Å². The highest BCUT2D eigenvalue weighted by Crippen LogP contribution is 2.22. The predicted molar refractivity (Wildman–Crippen MR) is 66.5 cm³/mol. The second-order valence-electron chi connectivity index (χ2n) is 3.79. The van der Waals surface area contributed by atoms with Crippen LogP contribution < -0.4 is 0 Å². The summed E-state index contributed by atoms with van der Waals surface area (Å²) in [5.41, 5.74) is 0.340. The number of nitrogens with zero attached hydrogens (tertiary/aromatic N) is 4. The molecule has 2 aromatic rings. The number of rotatable bonds is 4. The average Bonchev–Trinajstić information content (AvgIpc) is 2.73. The summed E-state index contributed by atoms with van der Waals surface area (Å²) in [6, 6.07) is 1.20. The smallest absolute Gasteiger partial charge is 0.296 e. The van der Waals surface area contributed by atoms with Gasteiger partial charge in [0.25, 0.3) is 14.2 Å². The molecule has 9 heteroatoms. The van der Waals surface area contributed by atoms with Crippen LogP contribution >= 0.6 is 10.7 Å². The fourth-order valence-corrected chi connectivity index (χ4v) is 2.56. The van der Waals surface area contributed by atoms with Crippen LogP contribution in [0.1, 0.15) is 13.3 Å². The Morgan fingerprint density at radius 3 is 2.68 bits per heavy atom. The van der Waals surface area contributed by atoms with Gasteiger partial charge in [-0.2, -0.15) is 0 Å². The lowest BCUT2D eigenvalue weighted by atomic mass is 10.2. The molecule has 0 aliphatic carbocycles. The van der Waals surface area contributed by atoms with Crippen molar-refractivity contribution in [2.45, 2.75) is 25.0 Å². The van der Waals surface area contributed by atoms with Crippen LogP contribution in [0.5, 0.6) is 0 Å². The molecule has 2 heterocycles. The molecule has 2 aromatic heterocycles. The van der Waals surface area contributed by atoms with Gasteiger partial charge in [-0.15, -0.1) is 10.2 Å². The highest BCUT2D eigenvalue weighted by molar-refractivity contribution is 8.13. The summed E-state index contributed by atoms with van der Waals surface area (Å²) in [4.78, 5) is 3.69. The number of pyridine rings is 1. The van der Waals surface area contributed by atoms with Crippen molar-refractivity contribution in [3.8, 4) is 11.4 Å². The summed E-state index contributed by atoms with van der Waals surface area (Å²) >= 11 is 0. The molecule has 0 bridgehead atoms. The van der Waals surface area contributed by atoms with E-state index < -0.39 is 14.9 Å². The second-order valence-corrected chi connectivity index (χ2v) is 6.25. The van der Waals surface area contributed by atoms with Crippen LogP contribution in [0.25, 0.3) is 11.4 Å². The van der Waals surface area contributed by atoms with Crippen molar-refractivity contribution >= 4 is 19.7 Å². The van der Waals surface area contributed by atoms with Gasteiger partial charge in [0.15, 0.2) is 5.82 Å². The Bertz CT molecular complexity index is 701. The van der Waals surface area contributed by atoms with Crippen molar-refractivity contribution in [3.63, 3.8) is 0 Å². The van der Waals surface area contributed by atoms with Crippen LogP contribution in [0.2, 0.25) is 0 Å². The molecule has 0 saturated carbocycles. The van der Waals surface area contributed by atoms with E-state index in [9.17, 15) is 12.8 Å². The van der Waals surface area contributed by atoms with Crippen LogP contribution in [0, 0.1) is 5.82 Å². The first-order valence-electron chi connectivity index (χ1n) is 5.42. The first-order valence-corrected chi connectivity index (χ1v) is 7.73. The summed E-state index contributed by atoms with van der Waals surface area (Å²) < 4.78 is 37.3. The molecular weight excluding hydrogens is 295 g/mol. The van der Waals surface area contributed by atoms with Gasteiger partial charge in [-0.3, -0.25) is 9.55 Å². The quantitative estimate of drug-likeness (QED) is 0.805. The first kappa shape index (κ1) is 13.9. The third-order valence-corrected chi connectivity index (χ3v) is 3.50. The molecule has 0 saturated heterocycles. The van der Waals surface area contributed by atoms with E-state index in [1.54, 1.807) is 0 Å². The van der Waals surface area contributed by atoms with Crippen LogP contribution in [0.3, 0.4) is 0 Å². The Kier molecular flexibility index (Phi) is 3.81. The maximum atomic E-state index is 13.1. The normalized spacial score (nSPS) is 11.7. The van der Waals surface area contributed by atoms with Gasteiger partial charge in [0, 0.05) is 29.0 Å². The summed E-state index contributed by atoms with van der Waals surface area (Å²) in [5, 5.41) is 6.96. The lowest BCUT2D eigenvalue weighted by Gasteiger charge is -2.06. The molecule has 0 spiro atoms. The van der Waals surface area contributed by atoms with Gasteiger partial charge in [0.1, 0.15) is 5.82 Å². The highest BCUT2D eigenvalue weighted by atomic mass is 35.7. The van der Waals surface area contributed by atoms with Gasteiger partial charge in [-0.1, -0.05) is 6.92 Å². The molecule has 0 aromatic carbocycles. The van der Waals surface area contributed by atoms with Crippen LogP contribution in [-0.4, -0.2) is 28.2 Å². The van der Waals surface area contributed by atoms with E-state index in [4.69, 9.17) is 10.7 Å². The van der Waals surface area contributed by atoms with Crippen LogP contribution in [-0.2, 0) is 15.6 Å². The van der Waals surface area contributed by atoms with Gasteiger partial charge in [-0.25, -0.2) is 12.8 Å². The lowest BCUT2D eigenvalue weighted by Crippen LogP contribution is -2.07. The van der Waals surface area contributed by atoms with Crippen molar-refractivity contribution in [1.29, 1.82) is 0 Å². The minimum atomic E-state index is -4.01. The number of halogens is 2. The molecule has 19 heavy (non-hydrogen) atoms. The Morgan fingerprint density at radius 2 is 2.11 bits per heavy atom. The van der Waals surface area contributed by atoms with E-state index in [1.165, 1.54) is 16.8 Å². The Labute approximate surface area is 113 Å². The van der Waals surface area contributed by atoms with Gasteiger partial charge in [0.2, 0.25) is 0 Å². The molecule has 0 unspecified atom stereocenters. The Hall–Kier alpha value is -1.54. The maximum Gasteiger partial charge on any atom is 0.296 e. The SMILES string of the molecule is CCCn1c(-c2cncc(F)c2)nnc1S(=O)(=O)Cl. The van der Waals surface area contributed by atoms with Gasteiger partial charge in [-0.05, 0) is 12.5 Å². The van der Waals surface area contributed by atoms with Crippen molar-refractivity contribution in [3.05, 3.63) is 24.3 Å². The molecule has 0 aliphatic rings. The molecule has 0 aliphatic heterocycles. The molecule has 0 radical (unpaired) electrons. The summed E-state index contributed by atoms with van der Waals surface area (Å²) in [6.45, 7) is 2.21. The van der Waals surface area contributed by atoms with E-state index in [0.29, 0.717) is 18.5 Å². The average molecular weight is 305 g/mol. The minimum Gasteiger partial charge on any atom is -0.297 e. The molecule has 0 atom stereocenters. The summed E-state index contributed by atoms with van der Waals surface area (Å²) in [7, 11) is 1.29. The van der Waals surface area contributed by atoms with Gasteiger partial charge in [0.05, 0.1) is 6.20 Å². The fraction of sp³-hybridized carbons (Fsp3) is 0.300. The van der Waals surface area contributed by atoms with Gasteiger partial charge >= 0.3 is 0 Å². The first-order chi connectivity index (χ1) is 8.93. The molecule has 2 rings (SSSR count). The topological polar surface area (TPSA) is 77.7 Å². The molecule has 0 amide bonds.